The van der Waals surface area contributed by atoms with E-state index in [1.54, 1.807) is 0 Å². The van der Waals surface area contributed by atoms with Crippen molar-refractivity contribution in [1.29, 1.82) is 0 Å². The number of nitrogens with one attached hydrogen (secondary N) is 1. The minimum atomic E-state index is -0.397. The molecule has 1 aliphatic carbocycles. The van der Waals surface area contributed by atoms with Gasteiger partial charge >= 0.3 is 5.97 Å². The molecular formula is C23H29NO4S. The lowest BCUT2D eigenvalue weighted by Gasteiger charge is -2.19. The molecule has 0 saturated heterocycles. The van der Waals surface area contributed by atoms with Gasteiger partial charge in [-0.15, -0.1) is 11.3 Å². The van der Waals surface area contributed by atoms with E-state index in [0.717, 1.165) is 29.7 Å². The summed E-state index contributed by atoms with van der Waals surface area (Å²) in [5, 5.41) is 3.42. The second kappa shape index (κ2) is 8.57. The van der Waals surface area contributed by atoms with Crippen LogP contribution >= 0.6 is 11.3 Å². The number of esters is 1. The highest BCUT2D eigenvalue weighted by atomic mass is 32.1. The summed E-state index contributed by atoms with van der Waals surface area (Å²) in [5.41, 5.74) is 2.79. The number of thiophene rings is 1. The molecular weight excluding hydrogens is 386 g/mol. The van der Waals surface area contributed by atoms with E-state index in [-0.39, 0.29) is 17.9 Å². The van der Waals surface area contributed by atoms with Crippen molar-refractivity contribution in [3.63, 3.8) is 0 Å². The van der Waals surface area contributed by atoms with E-state index in [0.29, 0.717) is 22.2 Å². The molecule has 0 unspecified atom stereocenters. The van der Waals surface area contributed by atoms with Crippen LogP contribution in [0.2, 0.25) is 0 Å². The van der Waals surface area contributed by atoms with Gasteiger partial charge in [0.15, 0.2) is 6.61 Å². The molecule has 1 aromatic carbocycles. The molecule has 1 amide bonds. The van der Waals surface area contributed by atoms with Crippen LogP contribution in [-0.4, -0.2) is 25.6 Å². The predicted octanol–water partition coefficient (Wildman–Crippen LogP) is 4.97. The lowest BCUT2D eigenvalue weighted by atomic mass is 9.87. The first-order chi connectivity index (χ1) is 13.7. The van der Waals surface area contributed by atoms with Gasteiger partial charge in [0.25, 0.3) is 5.91 Å². The van der Waals surface area contributed by atoms with Crippen LogP contribution in [0.15, 0.2) is 24.3 Å². The number of amides is 1. The maximum absolute atomic E-state index is 12.5. The van der Waals surface area contributed by atoms with Crippen molar-refractivity contribution in [2.45, 2.75) is 52.4 Å². The van der Waals surface area contributed by atoms with Gasteiger partial charge in [0.05, 0.1) is 12.7 Å². The molecule has 3 rings (SSSR count). The number of rotatable bonds is 5. The molecule has 1 heterocycles. The summed E-state index contributed by atoms with van der Waals surface area (Å²) >= 11 is 1.48. The fraction of sp³-hybridized carbons (Fsp3) is 0.478. The molecule has 5 nitrogen and oxygen atoms in total. The van der Waals surface area contributed by atoms with Crippen LogP contribution in [-0.2, 0) is 27.8 Å². The van der Waals surface area contributed by atoms with Crippen molar-refractivity contribution >= 4 is 28.2 Å². The van der Waals surface area contributed by atoms with Crippen LogP contribution in [0.1, 0.15) is 60.5 Å². The number of carbonyl (C=O) groups excluding carboxylic acids is 2. The van der Waals surface area contributed by atoms with Crippen LogP contribution in [0.3, 0.4) is 0 Å². The Morgan fingerprint density at radius 1 is 1.21 bits per heavy atom. The highest BCUT2D eigenvalue weighted by molar-refractivity contribution is 7.17. The van der Waals surface area contributed by atoms with Crippen molar-refractivity contribution < 1.29 is 19.1 Å². The summed E-state index contributed by atoms with van der Waals surface area (Å²) in [6.07, 6.45) is 2.80. The lowest BCUT2D eigenvalue weighted by molar-refractivity contribution is -0.118. The normalized spacial score (nSPS) is 16.1. The van der Waals surface area contributed by atoms with Crippen LogP contribution in [0, 0.1) is 5.92 Å². The number of ether oxygens (including phenoxy) is 2. The van der Waals surface area contributed by atoms with Gasteiger partial charge in [-0.25, -0.2) is 4.79 Å². The number of fused-ring (bicyclic) bond motifs is 1. The second-order valence-corrected chi connectivity index (χ2v) is 9.76. The van der Waals surface area contributed by atoms with Crippen LogP contribution < -0.4 is 10.1 Å². The maximum atomic E-state index is 12.5. The summed E-state index contributed by atoms with van der Waals surface area (Å²) in [6.45, 7) is 8.54. The van der Waals surface area contributed by atoms with E-state index in [9.17, 15) is 9.59 Å². The summed E-state index contributed by atoms with van der Waals surface area (Å²) in [5.74, 6) is 0.531. The third-order valence-electron chi connectivity index (χ3n) is 5.24. The Bertz CT molecular complexity index is 893. The Kier molecular flexibility index (Phi) is 6.32. The van der Waals surface area contributed by atoms with Gasteiger partial charge in [-0.3, -0.25) is 4.79 Å². The first kappa shape index (κ1) is 21.4. The van der Waals surface area contributed by atoms with Crippen molar-refractivity contribution in [1.82, 2.24) is 0 Å². The van der Waals surface area contributed by atoms with Gasteiger partial charge in [0.1, 0.15) is 10.8 Å². The summed E-state index contributed by atoms with van der Waals surface area (Å²) < 4.78 is 10.6. The van der Waals surface area contributed by atoms with Gasteiger partial charge in [0, 0.05) is 4.88 Å². The molecule has 156 valence electrons. The molecule has 0 saturated carbocycles. The number of benzene rings is 1. The van der Waals surface area contributed by atoms with E-state index in [1.807, 2.05) is 24.3 Å². The van der Waals surface area contributed by atoms with Crippen LogP contribution in [0.5, 0.6) is 5.75 Å². The molecule has 0 aliphatic heterocycles. The minimum absolute atomic E-state index is 0.0654. The van der Waals surface area contributed by atoms with E-state index >= 15 is 0 Å². The molecule has 0 spiro atoms. The Balaban J connectivity index is 1.68. The van der Waals surface area contributed by atoms with Gasteiger partial charge in [-0.1, -0.05) is 39.8 Å². The number of anilines is 1. The van der Waals surface area contributed by atoms with E-state index < -0.39 is 5.97 Å². The Hall–Kier alpha value is -2.34. The molecule has 6 heteroatoms. The maximum Gasteiger partial charge on any atom is 0.341 e. The second-order valence-electron chi connectivity index (χ2n) is 8.66. The predicted molar refractivity (Wildman–Crippen MR) is 116 cm³/mol. The summed E-state index contributed by atoms with van der Waals surface area (Å²) in [4.78, 5) is 26.0. The zero-order valence-electron chi connectivity index (χ0n) is 17.8. The molecule has 29 heavy (non-hydrogen) atoms. The third-order valence-corrected chi connectivity index (χ3v) is 6.41. The summed E-state index contributed by atoms with van der Waals surface area (Å²) in [7, 11) is 1.37. The monoisotopic (exact) mass is 415 g/mol. The number of carbonyl (C=O) groups is 2. The van der Waals surface area contributed by atoms with Gasteiger partial charge < -0.3 is 14.8 Å². The topological polar surface area (TPSA) is 64.6 Å². The minimum Gasteiger partial charge on any atom is -0.484 e. The lowest BCUT2D eigenvalue weighted by Crippen LogP contribution is -2.21. The SMILES string of the molecule is COC(=O)c1c(NC(=O)COc2ccc(C(C)(C)C)cc2)sc2c1CC[C@@H](C)C2. The van der Waals surface area contributed by atoms with E-state index in [4.69, 9.17) is 9.47 Å². The zero-order valence-corrected chi connectivity index (χ0v) is 18.6. The molecule has 1 N–H and O–H groups in total. The molecule has 1 aliphatic rings. The van der Waals surface area contributed by atoms with Gasteiger partial charge in [-0.2, -0.15) is 0 Å². The smallest absolute Gasteiger partial charge is 0.341 e. The molecule has 1 atom stereocenters. The van der Waals surface area contributed by atoms with E-state index in [1.165, 1.54) is 24.0 Å². The van der Waals surface area contributed by atoms with Crippen molar-refractivity contribution in [2.75, 3.05) is 19.0 Å². The fourth-order valence-electron chi connectivity index (χ4n) is 3.52. The Morgan fingerprint density at radius 3 is 2.52 bits per heavy atom. The number of methoxy groups -OCH3 is 1. The van der Waals surface area contributed by atoms with E-state index in [2.05, 4.69) is 33.0 Å². The average Bonchev–Trinajstić information content (AvgIpc) is 3.02. The Morgan fingerprint density at radius 2 is 1.90 bits per heavy atom. The molecule has 0 fully saturated rings. The number of hydrogen-bond donors (Lipinski definition) is 1. The fourth-order valence-corrected chi connectivity index (χ4v) is 4.93. The quantitative estimate of drug-likeness (QED) is 0.700. The zero-order chi connectivity index (χ0) is 21.2. The van der Waals surface area contributed by atoms with Crippen molar-refractivity contribution in [3.8, 4) is 5.75 Å². The Labute approximate surface area is 176 Å². The van der Waals surface area contributed by atoms with Gasteiger partial charge in [0.2, 0.25) is 0 Å². The molecule has 0 bridgehead atoms. The van der Waals surface area contributed by atoms with Crippen molar-refractivity contribution in [2.24, 2.45) is 5.92 Å². The third kappa shape index (κ3) is 4.99. The molecule has 0 radical (unpaired) electrons. The highest BCUT2D eigenvalue weighted by Gasteiger charge is 2.28. The first-order valence-electron chi connectivity index (χ1n) is 9.95. The van der Waals surface area contributed by atoms with Crippen LogP contribution in [0.4, 0.5) is 5.00 Å². The molecule has 2 aromatic rings. The van der Waals surface area contributed by atoms with Crippen LogP contribution in [0.25, 0.3) is 0 Å². The summed E-state index contributed by atoms with van der Waals surface area (Å²) in [6, 6.07) is 7.77. The number of hydrogen-bond acceptors (Lipinski definition) is 5. The average molecular weight is 416 g/mol. The highest BCUT2D eigenvalue weighted by Crippen LogP contribution is 2.40. The van der Waals surface area contributed by atoms with Crippen molar-refractivity contribution in [3.05, 3.63) is 45.8 Å². The molecule has 1 aromatic heterocycles. The standard InChI is InChI=1S/C23H29NO4S/c1-14-6-11-17-18(12-14)29-21(20(17)22(26)27-5)24-19(25)13-28-16-9-7-15(8-10-16)23(2,3)4/h7-10,14H,6,11-13H2,1-5H3,(H,24,25)/t14-/m1/s1. The first-order valence-corrected chi connectivity index (χ1v) is 10.8. The van der Waals surface area contributed by atoms with Gasteiger partial charge in [-0.05, 0) is 53.9 Å². The largest absolute Gasteiger partial charge is 0.484 e.